The summed E-state index contributed by atoms with van der Waals surface area (Å²) in [6, 6.07) is 4.78. The van der Waals surface area contributed by atoms with Crippen LogP contribution in [-0.4, -0.2) is 66.4 Å². The van der Waals surface area contributed by atoms with Crippen molar-refractivity contribution in [3.05, 3.63) is 24.0 Å². The second kappa shape index (κ2) is 8.77. The topological polar surface area (TPSA) is 65.0 Å². The second-order valence-electron chi connectivity index (χ2n) is 7.28. The molecule has 2 rings (SSSR count). The van der Waals surface area contributed by atoms with E-state index >= 15 is 0 Å². The molecule has 1 aliphatic heterocycles. The molecule has 2 N–H and O–H groups in total. The molecule has 146 valence electrons. The Morgan fingerprint density at radius 1 is 1.35 bits per heavy atom. The third kappa shape index (κ3) is 5.64. The molecule has 1 heterocycles. The van der Waals surface area contributed by atoms with E-state index in [2.05, 4.69) is 5.32 Å². The lowest BCUT2D eigenvalue weighted by atomic mass is 10.2. The summed E-state index contributed by atoms with van der Waals surface area (Å²) in [7, 11) is 0. The molecule has 1 aromatic rings. The Morgan fingerprint density at radius 3 is 2.58 bits per heavy atom. The number of alkyl halides is 1. The number of ether oxygens (including phenoxy) is 1. The van der Waals surface area contributed by atoms with Gasteiger partial charge in [-0.1, -0.05) is 6.07 Å². The quantitative estimate of drug-likeness (QED) is 0.760. The first-order valence-corrected chi connectivity index (χ1v) is 9.24. The van der Waals surface area contributed by atoms with E-state index in [0.717, 1.165) is 0 Å². The van der Waals surface area contributed by atoms with Gasteiger partial charge < -0.3 is 25.0 Å². The number of rotatable bonds is 5. The molecule has 8 heteroatoms. The Hall–Kier alpha value is -1.73. The number of hydrogen-bond donors (Lipinski definition) is 2. The number of nitrogens with one attached hydrogen (secondary N) is 1. The van der Waals surface area contributed by atoms with Gasteiger partial charge in [0.25, 0.3) is 0 Å². The monoisotopic (exact) mass is 387 g/mol. The van der Waals surface area contributed by atoms with E-state index in [-0.39, 0.29) is 24.3 Å². The van der Waals surface area contributed by atoms with E-state index in [9.17, 15) is 14.3 Å². The molecule has 26 heavy (non-hydrogen) atoms. The minimum Gasteiger partial charge on any atom is -0.444 e. The number of aliphatic hydroxyl groups excluding tert-OH is 1. The maximum Gasteiger partial charge on any atom is 0.410 e. The zero-order chi connectivity index (χ0) is 19.3. The van der Waals surface area contributed by atoms with Gasteiger partial charge in [-0.3, -0.25) is 0 Å². The van der Waals surface area contributed by atoms with Crippen LogP contribution in [0.1, 0.15) is 20.8 Å². The van der Waals surface area contributed by atoms with Gasteiger partial charge in [0.2, 0.25) is 0 Å². The largest absolute Gasteiger partial charge is 0.444 e. The van der Waals surface area contributed by atoms with Crippen LogP contribution in [0.5, 0.6) is 0 Å². The lowest BCUT2D eigenvalue weighted by Gasteiger charge is -2.37. The molecular weight excluding hydrogens is 361 g/mol. The van der Waals surface area contributed by atoms with Crippen LogP contribution in [-0.2, 0) is 4.74 Å². The van der Waals surface area contributed by atoms with E-state index in [1.165, 1.54) is 6.07 Å². The standard InChI is InChI=1S/C18H27ClFN3O3/c1-18(2,3)26-17(25)23-9-7-22(8-10-23)16-14(20)5-4-6-15(16)21-12-13(24)11-19/h4-6,13,21,24H,7-12H2,1-3H3. The van der Waals surface area contributed by atoms with Gasteiger partial charge in [0.05, 0.1) is 23.4 Å². The van der Waals surface area contributed by atoms with Crippen molar-refractivity contribution >= 4 is 29.1 Å². The van der Waals surface area contributed by atoms with Crippen molar-refractivity contribution in [3.8, 4) is 0 Å². The van der Waals surface area contributed by atoms with Crippen molar-refractivity contribution in [3.63, 3.8) is 0 Å². The highest BCUT2D eigenvalue weighted by Gasteiger charge is 2.27. The van der Waals surface area contributed by atoms with Crippen LogP contribution in [0.2, 0.25) is 0 Å². The third-order valence-electron chi connectivity index (χ3n) is 3.94. The highest BCUT2D eigenvalue weighted by molar-refractivity contribution is 6.18. The van der Waals surface area contributed by atoms with Crippen molar-refractivity contribution in [2.24, 2.45) is 0 Å². The average Bonchev–Trinajstić information content (AvgIpc) is 2.58. The maximum atomic E-state index is 14.4. The Balaban J connectivity index is 2.03. The Morgan fingerprint density at radius 2 is 2.00 bits per heavy atom. The molecule has 0 aromatic heterocycles. The smallest absolute Gasteiger partial charge is 0.410 e. The van der Waals surface area contributed by atoms with Crippen LogP contribution in [0.4, 0.5) is 20.6 Å². The molecule has 1 fully saturated rings. The first-order chi connectivity index (χ1) is 12.2. The molecule has 1 unspecified atom stereocenters. The number of carbonyl (C=O) groups excluding carboxylic acids is 1. The first-order valence-electron chi connectivity index (χ1n) is 8.70. The molecule has 0 bridgehead atoms. The van der Waals surface area contributed by atoms with Crippen LogP contribution in [0.3, 0.4) is 0 Å². The molecule has 0 aliphatic carbocycles. The number of anilines is 2. The fraction of sp³-hybridized carbons (Fsp3) is 0.611. The Labute approximate surface area is 158 Å². The predicted octanol–water partition coefficient (Wildman–Crippen LogP) is 2.89. The van der Waals surface area contributed by atoms with E-state index < -0.39 is 11.7 Å². The maximum absolute atomic E-state index is 14.4. The van der Waals surface area contributed by atoms with Crippen LogP contribution < -0.4 is 10.2 Å². The summed E-state index contributed by atoms with van der Waals surface area (Å²) in [5.41, 5.74) is 0.498. The van der Waals surface area contributed by atoms with Gasteiger partial charge >= 0.3 is 6.09 Å². The summed E-state index contributed by atoms with van der Waals surface area (Å²) < 4.78 is 19.8. The third-order valence-corrected chi connectivity index (χ3v) is 4.30. The zero-order valence-electron chi connectivity index (χ0n) is 15.5. The number of hydrogen-bond acceptors (Lipinski definition) is 5. The molecule has 0 radical (unpaired) electrons. The van der Waals surface area contributed by atoms with E-state index in [0.29, 0.717) is 37.6 Å². The lowest BCUT2D eigenvalue weighted by Crippen LogP contribution is -2.50. The van der Waals surface area contributed by atoms with Gasteiger partial charge in [-0.15, -0.1) is 11.6 Å². The molecule has 6 nitrogen and oxygen atoms in total. The normalized spacial score (nSPS) is 16.4. The van der Waals surface area contributed by atoms with Crippen LogP contribution in [0, 0.1) is 5.82 Å². The fourth-order valence-electron chi connectivity index (χ4n) is 2.70. The Bertz CT molecular complexity index is 616. The first kappa shape index (κ1) is 20.6. The highest BCUT2D eigenvalue weighted by atomic mass is 35.5. The summed E-state index contributed by atoms with van der Waals surface area (Å²) in [5, 5.41) is 12.7. The van der Waals surface area contributed by atoms with Gasteiger partial charge in [-0.2, -0.15) is 0 Å². The summed E-state index contributed by atoms with van der Waals surface area (Å²) in [6.45, 7) is 7.60. The lowest BCUT2D eigenvalue weighted by molar-refractivity contribution is 0.0240. The average molecular weight is 388 g/mol. The molecule has 1 aromatic carbocycles. The van der Waals surface area contributed by atoms with Gasteiger partial charge in [0, 0.05) is 32.7 Å². The number of para-hydroxylation sites is 1. The van der Waals surface area contributed by atoms with Crippen LogP contribution in [0.25, 0.3) is 0 Å². The number of aliphatic hydroxyl groups is 1. The summed E-state index contributed by atoms with van der Waals surface area (Å²) in [4.78, 5) is 15.7. The Kier molecular flexibility index (Phi) is 6.94. The SMILES string of the molecule is CC(C)(C)OC(=O)N1CCN(c2c(F)cccc2NCC(O)CCl)CC1. The fourth-order valence-corrected chi connectivity index (χ4v) is 2.81. The van der Waals surface area contributed by atoms with Gasteiger partial charge in [-0.25, -0.2) is 9.18 Å². The minimum absolute atomic E-state index is 0.103. The van der Waals surface area contributed by atoms with Gasteiger partial charge in [0.1, 0.15) is 11.4 Å². The van der Waals surface area contributed by atoms with E-state index in [4.69, 9.17) is 16.3 Å². The second-order valence-corrected chi connectivity index (χ2v) is 7.59. The number of halogens is 2. The molecule has 1 amide bonds. The number of piperazine rings is 1. The van der Waals surface area contributed by atoms with Crippen LogP contribution >= 0.6 is 11.6 Å². The molecule has 1 aliphatic rings. The van der Waals surface area contributed by atoms with E-state index in [1.807, 2.05) is 25.7 Å². The van der Waals surface area contributed by atoms with Crippen molar-refractivity contribution in [1.82, 2.24) is 4.90 Å². The summed E-state index contributed by atoms with van der Waals surface area (Å²) >= 11 is 5.61. The zero-order valence-corrected chi connectivity index (χ0v) is 16.2. The van der Waals surface area contributed by atoms with Crippen molar-refractivity contribution in [2.75, 3.05) is 48.8 Å². The summed E-state index contributed by atoms with van der Waals surface area (Å²) in [5.74, 6) is -0.243. The van der Waals surface area contributed by atoms with Crippen molar-refractivity contribution < 1.29 is 19.0 Å². The van der Waals surface area contributed by atoms with Crippen molar-refractivity contribution in [1.29, 1.82) is 0 Å². The number of nitrogens with zero attached hydrogens (tertiary/aromatic N) is 2. The molecule has 1 saturated heterocycles. The molecule has 0 saturated carbocycles. The highest BCUT2D eigenvalue weighted by Crippen LogP contribution is 2.30. The summed E-state index contributed by atoms with van der Waals surface area (Å²) in [6.07, 6.45) is -1.06. The molecular formula is C18H27ClFN3O3. The number of amides is 1. The van der Waals surface area contributed by atoms with E-state index in [1.54, 1.807) is 17.0 Å². The van der Waals surface area contributed by atoms with Gasteiger partial charge in [0.15, 0.2) is 0 Å². The van der Waals surface area contributed by atoms with Crippen molar-refractivity contribution in [2.45, 2.75) is 32.5 Å². The number of benzene rings is 1. The molecule has 1 atom stereocenters. The number of carbonyl (C=O) groups is 1. The van der Waals surface area contributed by atoms with Crippen LogP contribution in [0.15, 0.2) is 18.2 Å². The minimum atomic E-state index is -0.711. The molecule has 0 spiro atoms. The predicted molar refractivity (Wildman–Crippen MR) is 102 cm³/mol. The van der Waals surface area contributed by atoms with Gasteiger partial charge in [-0.05, 0) is 32.9 Å².